The topological polar surface area (TPSA) is 92.8 Å². The van der Waals surface area contributed by atoms with Gasteiger partial charge in [-0.15, -0.1) is 0 Å². The second-order valence-electron chi connectivity index (χ2n) is 6.93. The minimum Gasteiger partial charge on any atom is -0.451 e. The van der Waals surface area contributed by atoms with Gasteiger partial charge in [-0.2, -0.15) is 0 Å². The zero-order valence-corrected chi connectivity index (χ0v) is 16.3. The zero-order chi connectivity index (χ0) is 21.0. The lowest BCUT2D eigenvalue weighted by atomic mass is 10.0. The molecule has 3 amide bonds. The summed E-state index contributed by atoms with van der Waals surface area (Å²) in [6.45, 7) is 3.28. The van der Waals surface area contributed by atoms with Crippen molar-refractivity contribution in [2.75, 3.05) is 13.1 Å². The standard InChI is InChI=1S/C22H22N2O5/c1-14(16-8-4-3-5-9-16)12-23-20(26)15(2)29-19(25)13-24-21(27)17-10-6-7-11-18(17)22(24)28/h3-11,14-15H,12-13H2,1-2H3,(H,23,26)/t14-,15-/m0/s1. The predicted molar refractivity (Wildman–Crippen MR) is 105 cm³/mol. The maximum atomic E-state index is 12.3. The van der Waals surface area contributed by atoms with Crippen LogP contribution in [0.3, 0.4) is 0 Å². The third-order valence-electron chi connectivity index (χ3n) is 4.79. The van der Waals surface area contributed by atoms with Gasteiger partial charge < -0.3 is 10.1 Å². The molecular formula is C22H22N2O5. The molecule has 1 heterocycles. The number of fused-ring (bicyclic) bond motifs is 1. The molecule has 0 fully saturated rings. The third-order valence-corrected chi connectivity index (χ3v) is 4.79. The number of nitrogens with zero attached hydrogens (tertiary/aromatic N) is 1. The molecule has 2 aromatic rings. The van der Waals surface area contributed by atoms with Crippen LogP contribution in [-0.2, 0) is 14.3 Å². The van der Waals surface area contributed by atoms with Crippen molar-refractivity contribution < 1.29 is 23.9 Å². The van der Waals surface area contributed by atoms with Crippen molar-refractivity contribution in [2.45, 2.75) is 25.9 Å². The fourth-order valence-electron chi connectivity index (χ4n) is 3.10. The van der Waals surface area contributed by atoms with Crippen LogP contribution in [0.2, 0.25) is 0 Å². The van der Waals surface area contributed by atoms with Crippen LogP contribution < -0.4 is 5.32 Å². The Balaban J connectivity index is 1.50. The first-order valence-electron chi connectivity index (χ1n) is 9.36. The van der Waals surface area contributed by atoms with Gasteiger partial charge in [0.2, 0.25) is 0 Å². The van der Waals surface area contributed by atoms with Gasteiger partial charge in [0.05, 0.1) is 11.1 Å². The first-order valence-corrected chi connectivity index (χ1v) is 9.36. The van der Waals surface area contributed by atoms with Crippen molar-refractivity contribution in [3.05, 3.63) is 71.3 Å². The molecule has 0 saturated heterocycles. The number of ether oxygens (including phenoxy) is 1. The highest BCUT2D eigenvalue weighted by atomic mass is 16.5. The van der Waals surface area contributed by atoms with E-state index < -0.39 is 36.3 Å². The van der Waals surface area contributed by atoms with Crippen molar-refractivity contribution >= 4 is 23.7 Å². The van der Waals surface area contributed by atoms with Crippen molar-refractivity contribution in [3.8, 4) is 0 Å². The molecule has 1 aliphatic heterocycles. The molecule has 150 valence electrons. The van der Waals surface area contributed by atoms with E-state index in [0.29, 0.717) is 6.54 Å². The second-order valence-corrected chi connectivity index (χ2v) is 6.93. The molecule has 1 aliphatic rings. The molecule has 7 nitrogen and oxygen atoms in total. The Morgan fingerprint density at radius 1 is 0.931 bits per heavy atom. The Bertz CT molecular complexity index is 906. The third kappa shape index (κ3) is 4.51. The van der Waals surface area contributed by atoms with E-state index in [4.69, 9.17) is 4.74 Å². The molecule has 3 rings (SSSR count). The molecule has 0 aromatic heterocycles. The number of rotatable bonds is 7. The minimum atomic E-state index is -1.04. The maximum Gasteiger partial charge on any atom is 0.326 e. The van der Waals surface area contributed by atoms with Gasteiger partial charge in [0.25, 0.3) is 17.7 Å². The number of nitrogens with one attached hydrogen (secondary N) is 1. The highest BCUT2D eigenvalue weighted by Gasteiger charge is 2.37. The molecule has 7 heteroatoms. The normalized spacial score (nSPS) is 14.9. The summed E-state index contributed by atoms with van der Waals surface area (Å²) in [7, 11) is 0. The summed E-state index contributed by atoms with van der Waals surface area (Å²) in [4.78, 5) is 49.8. The summed E-state index contributed by atoms with van der Waals surface area (Å²) in [6, 6.07) is 16.1. The number of hydrogen-bond donors (Lipinski definition) is 1. The van der Waals surface area contributed by atoms with Gasteiger partial charge in [-0.25, -0.2) is 0 Å². The van der Waals surface area contributed by atoms with Crippen LogP contribution in [0.5, 0.6) is 0 Å². The van der Waals surface area contributed by atoms with E-state index in [2.05, 4.69) is 5.32 Å². The van der Waals surface area contributed by atoms with Crippen LogP contribution in [0.4, 0.5) is 0 Å². The number of benzene rings is 2. The van der Waals surface area contributed by atoms with Gasteiger partial charge in [0.15, 0.2) is 6.10 Å². The average Bonchev–Trinajstić information content (AvgIpc) is 2.97. The maximum absolute atomic E-state index is 12.3. The largest absolute Gasteiger partial charge is 0.451 e. The van der Waals surface area contributed by atoms with E-state index in [-0.39, 0.29) is 17.0 Å². The van der Waals surface area contributed by atoms with Crippen molar-refractivity contribution in [1.82, 2.24) is 10.2 Å². The minimum absolute atomic E-state index is 0.0985. The van der Waals surface area contributed by atoms with Crippen LogP contribution in [0.25, 0.3) is 0 Å². The Labute approximate surface area is 168 Å². The second kappa shape index (κ2) is 8.68. The molecule has 0 aliphatic carbocycles. The first-order chi connectivity index (χ1) is 13.9. The van der Waals surface area contributed by atoms with Crippen LogP contribution >= 0.6 is 0 Å². The van der Waals surface area contributed by atoms with Crippen LogP contribution in [0.15, 0.2) is 54.6 Å². The number of amides is 3. The van der Waals surface area contributed by atoms with Crippen molar-refractivity contribution in [1.29, 1.82) is 0 Å². The zero-order valence-electron chi connectivity index (χ0n) is 16.3. The van der Waals surface area contributed by atoms with Crippen molar-refractivity contribution in [3.63, 3.8) is 0 Å². The van der Waals surface area contributed by atoms with Crippen LogP contribution in [0.1, 0.15) is 46.0 Å². The SMILES string of the molecule is C[C@H](OC(=O)CN1C(=O)c2ccccc2C1=O)C(=O)NC[C@H](C)c1ccccc1. The summed E-state index contributed by atoms with van der Waals surface area (Å²) in [6.07, 6.45) is -1.04. The average molecular weight is 394 g/mol. The summed E-state index contributed by atoms with van der Waals surface area (Å²) in [5.41, 5.74) is 1.60. The number of carbonyl (C=O) groups excluding carboxylic acids is 4. The Morgan fingerprint density at radius 2 is 1.48 bits per heavy atom. The summed E-state index contributed by atoms with van der Waals surface area (Å²) in [5.74, 6) is -2.25. The summed E-state index contributed by atoms with van der Waals surface area (Å²) < 4.78 is 5.11. The van der Waals surface area contributed by atoms with E-state index in [1.165, 1.54) is 19.1 Å². The molecular weight excluding hydrogens is 372 g/mol. The molecule has 0 unspecified atom stereocenters. The fraction of sp³-hybridized carbons (Fsp3) is 0.273. The van der Waals surface area contributed by atoms with E-state index in [1.807, 2.05) is 37.3 Å². The quantitative estimate of drug-likeness (QED) is 0.574. The first kappa shape index (κ1) is 20.3. The fourth-order valence-corrected chi connectivity index (χ4v) is 3.10. The van der Waals surface area contributed by atoms with Gasteiger partial charge >= 0.3 is 5.97 Å². The molecule has 0 spiro atoms. The van der Waals surface area contributed by atoms with Gasteiger partial charge in [-0.1, -0.05) is 49.4 Å². The molecule has 2 aromatic carbocycles. The molecule has 2 atom stereocenters. The van der Waals surface area contributed by atoms with Gasteiger partial charge in [-0.05, 0) is 30.5 Å². The lowest BCUT2D eigenvalue weighted by molar-refractivity contribution is -0.154. The predicted octanol–water partition coefficient (Wildman–Crippen LogP) is 2.13. The van der Waals surface area contributed by atoms with Crippen molar-refractivity contribution in [2.24, 2.45) is 0 Å². The van der Waals surface area contributed by atoms with Gasteiger partial charge in [0, 0.05) is 6.54 Å². The van der Waals surface area contributed by atoms with E-state index in [1.54, 1.807) is 12.1 Å². The Hall–Kier alpha value is -3.48. The summed E-state index contributed by atoms with van der Waals surface area (Å²) >= 11 is 0. The molecule has 0 saturated carbocycles. The lowest BCUT2D eigenvalue weighted by Crippen LogP contribution is -2.41. The highest BCUT2D eigenvalue weighted by molar-refractivity contribution is 6.22. The smallest absolute Gasteiger partial charge is 0.326 e. The Morgan fingerprint density at radius 3 is 2.07 bits per heavy atom. The van der Waals surface area contributed by atoms with Crippen LogP contribution in [0, 0.1) is 0 Å². The molecule has 0 bridgehead atoms. The van der Waals surface area contributed by atoms with Gasteiger partial charge in [-0.3, -0.25) is 24.1 Å². The summed E-state index contributed by atoms with van der Waals surface area (Å²) in [5, 5.41) is 2.75. The molecule has 0 radical (unpaired) electrons. The number of esters is 1. The van der Waals surface area contributed by atoms with Gasteiger partial charge in [0.1, 0.15) is 6.54 Å². The number of imide groups is 1. The monoisotopic (exact) mass is 394 g/mol. The van der Waals surface area contributed by atoms with E-state index in [9.17, 15) is 19.2 Å². The highest BCUT2D eigenvalue weighted by Crippen LogP contribution is 2.22. The van der Waals surface area contributed by atoms with Crippen LogP contribution in [-0.4, -0.2) is 47.8 Å². The van der Waals surface area contributed by atoms with E-state index >= 15 is 0 Å². The molecule has 1 N–H and O–H groups in total. The Kier molecular flexibility index (Phi) is 6.07. The lowest BCUT2D eigenvalue weighted by Gasteiger charge is -2.18. The number of hydrogen-bond acceptors (Lipinski definition) is 5. The molecule has 29 heavy (non-hydrogen) atoms. The van der Waals surface area contributed by atoms with E-state index in [0.717, 1.165) is 10.5 Å². The number of carbonyl (C=O) groups is 4.